The smallest absolute Gasteiger partial charge is 0.261 e. The van der Waals surface area contributed by atoms with Gasteiger partial charge in [-0.1, -0.05) is 36.4 Å². The van der Waals surface area contributed by atoms with Crippen molar-refractivity contribution in [1.29, 1.82) is 0 Å². The highest BCUT2D eigenvalue weighted by Gasteiger charge is 2.22. The summed E-state index contributed by atoms with van der Waals surface area (Å²) in [5.74, 6) is -0.116. The van der Waals surface area contributed by atoms with E-state index in [0.717, 1.165) is 10.4 Å². The Bertz CT molecular complexity index is 803. The van der Waals surface area contributed by atoms with Crippen LogP contribution >= 0.6 is 11.3 Å². The number of hydrogen-bond acceptors (Lipinski definition) is 3. The van der Waals surface area contributed by atoms with E-state index in [2.05, 4.69) is 5.32 Å². The van der Waals surface area contributed by atoms with Crippen LogP contribution in [0.1, 0.15) is 23.4 Å². The maximum Gasteiger partial charge on any atom is 0.261 e. The number of benzene rings is 2. The Morgan fingerprint density at radius 1 is 1.04 bits per heavy atom. The Kier molecular flexibility index (Phi) is 5.46. The fourth-order valence-corrected chi connectivity index (χ4v) is 3.25. The minimum absolute atomic E-state index is 0.229. The second-order valence-electron chi connectivity index (χ2n) is 5.58. The van der Waals surface area contributed by atoms with Gasteiger partial charge in [-0.15, -0.1) is 11.3 Å². The normalized spacial score (nSPS) is 13.0. The van der Waals surface area contributed by atoms with Gasteiger partial charge in [-0.3, -0.25) is 4.79 Å². The molecule has 0 saturated heterocycles. The van der Waals surface area contributed by atoms with E-state index in [1.54, 1.807) is 18.3 Å². The molecule has 2 aromatic carbocycles. The first-order chi connectivity index (χ1) is 12.1. The zero-order valence-corrected chi connectivity index (χ0v) is 14.5. The second kappa shape index (κ2) is 7.94. The third kappa shape index (κ3) is 4.45. The molecule has 0 bridgehead atoms. The lowest BCUT2D eigenvalue weighted by Gasteiger charge is -2.21. The zero-order valence-electron chi connectivity index (χ0n) is 13.7. The highest BCUT2D eigenvalue weighted by atomic mass is 32.1. The van der Waals surface area contributed by atoms with Crippen LogP contribution in [0.4, 0.5) is 4.39 Å². The first-order valence-corrected chi connectivity index (χ1v) is 8.82. The van der Waals surface area contributed by atoms with Crippen LogP contribution in [0, 0.1) is 5.82 Å². The molecule has 0 saturated carbocycles. The van der Waals surface area contributed by atoms with Crippen LogP contribution in [-0.2, 0) is 4.79 Å². The molecule has 1 amide bonds. The highest BCUT2D eigenvalue weighted by molar-refractivity contribution is 7.10. The summed E-state index contributed by atoms with van der Waals surface area (Å²) in [4.78, 5) is 13.6. The van der Waals surface area contributed by atoms with Crippen LogP contribution in [0.2, 0.25) is 0 Å². The molecule has 0 aliphatic rings. The van der Waals surface area contributed by atoms with Gasteiger partial charge in [0.15, 0.2) is 6.10 Å². The van der Waals surface area contributed by atoms with Crippen LogP contribution in [0.3, 0.4) is 0 Å². The third-order valence-corrected chi connectivity index (χ3v) is 4.68. The van der Waals surface area contributed by atoms with Crippen LogP contribution in [0.5, 0.6) is 5.75 Å². The molecule has 128 valence electrons. The van der Waals surface area contributed by atoms with E-state index >= 15 is 0 Å². The number of carbonyl (C=O) groups excluding carboxylic acids is 1. The summed E-state index contributed by atoms with van der Waals surface area (Å²) in [6.07, 6.45) is -0.698. The Hall–Kier alpha value is -2.66. The maximum atomic E-state index is 13.0. The zero-order chi connectivity index (χ0) is 17.6. The Morgan fingerprint density at radius 3 is 2.40 bits per heavy atom. The molecule has 3 rings (SSSR count). The van der Waals surface area contributed by atoms with Crippen molar-refractivity contribution in [2.45, 2.75) is 19.1 Å². The highest BCUT2D eigenvalue weighted by Crippen LogP contribution is 2.26. The molecule has 0 spiro atoms. The first-order valence-electron chi connectivity index (χ1n) is 7.94. The number of carbonyl (C=O) groups is 1. The van der Waals surface area contributed by atoms with Gasteiger partial charge in [0.05, 0.1) is 6.04 Å². The van der Waals surface area contributed by atoms with Crippen molar-refractivity contribution < 1.29 is 13.9 Å². The number of ether oxygens (including phenoxy) is 1. The van der Waals surface area contributed by atoms with Crippen LogP contribution in [0.15, 0.2) is 72.1 Å². The van der Waals surface area contributed by atoms with Gasteiger partial charge in [0.2, 0.25) is 0 Å². The van der Waals surface area contributed by atoms with Crippen LogP contribution in [-0.4, -0.2) is 12.0 Å². The molecule has 2 unspecified atom stereocenters. The van der Waals surface area contributed by atoms with Gasteiger partial charge in [0, 0.05) is 4.88 Å². The standard InChI is InChI=1S/C20H18FNO2S/c1-14(24-17-11-9-16(21)10-12-17)20(23)22-19(18-8-5-13-25-18)15-6-3-2-4-7-15/h2-14,19H,1H3,(H,22,23). The SMILES string of the molecule is CC(Oc1ccc(F)cc1)C(=O)NC(c1ccccc1)c1cccs1. The largest absolute Gasteiger partial charge is 0.481 e. The lowest BCUT2D eigenvalue weighted by atomic mass is 10.1. The number of amides is 1. The summed E-state index contributed by atoms with van der Waals surface area (Å²) in [7, 11) is 0. The van der Waals surface area contributed by atoms with Gasteiger partial charge in [-0.2, -0.15) is 0 Å². The average Bonchev–Trinajstić information content (AvgIpc) is 3.16. The molecular formula is C20H18FNO2S. The summed E-state index contributed by atoms with van der Waals surface area (Å²) in [6, 6.07) is 19.1. The van der Waals surface area contributed by atoms with E-state index in [4.69, 9.17) is 4.74 Å². The summed E-state index contributed by atoms with van der Waals surface area (Å²) < 4.78 is 18.6. The molecule has 0 aliphatic carbocycles. The number of halogens is 1. The van der Waals surface area contributed by atoms with E-state index in [-0.39, 0.29) is 17.8 Å². The van der Waals surface area contributed by atoms with Crippen molar-refractivity contribution in [3.8, 4) is 5.75 Å². The van der Waals surface area contributed by atoms with Gasteiger partial charge in [0.25, 0.3) is 5.91 Å². The van der Waals surface area contributed by atoms with Crippen molar-refractivity contribution in [3.63, 3.8) is 0 Å². The van der Waals surface area contributed by atoms with Crippen molar-refractivity contribution >= 4 is 17.2 Å². The van der Waals surface area contributed by atoms with E-state index < -0.39 is 6.10 Å². The molecule has 1 N–H and O–H groups in total. The van der Waals surface area contributed by atoms with Crippen LogP contribution in [0.25, 0.3) is 0 Å². The molecule has 5 heteroatoms. The fourth-order valence-electron chi connectivity index (χ4n) is 2.45. The van der Waals surface area contributed by atoms with Crippen molar-refractivity contribution in [2.75, 3.05) is 0 Å². The molecule has 3 aromatic rings. The van der Waals surface area contributed by atoms with E-state index in [1.807, 2.05) is 47.8 Å². The topological polar surface area (TPSA) is 38.3 Å². The summed E-state index contributed by atoms with van der Waals surface area (Å²) in [6.45, 7) is 1.68. The van der Waals surface area contributed by atoms with Gasteiger partial charge in [-0.05, 0) is 48.2 Å². The molecule has 2 atom stereocenters. The first kappa shape index (κ1) is 17.2. The van der Waals surface area contributed by atoms with Gasteiger partial charge in [0.1, 0.15) is 11.6 Å². The minimum atomic E-state index is -0.698. The molecular weight excluding hydrogens is 337 g/mol. The minimum Gasteiger partial charge on any atom is -0.481 e. The Morgan fingerprint density at radius 2 is 1.76 bits per heavy atom. The number of nitrogens with one attached hydrogen (secondary N) is 1. The molecule has 0 radical (unpaired) electrons. The predicted octanol–water partition coefficient (Wildman–Crippen LogP) is 4.56. The van der Waals surface area contributed by atoms with Gasteiger partial charge < -0.3 is 10.1 Å². The van der Waals surface area contributed by atoms with Gasteiger partial charge in [-0.25, -0.2) is 4.39 Å². The van der Waals surface area contributed by atoms with E-state index in [9.17, 15) is 9.18 Å². The maximum absolute atomic E-state index is 13.0. The summed E-state index contributed by atoms with van der Waals surface area (Å²) >= 11 is 1.59. The van der Waals surface area contributed by atoms with Gasteiger partial charge >= 0.3 is 0 Å². The van der Waals surface area contributed by atoms with Crippen LogP contribution < -0.4 is 10.1 Å². The Labute approximate surface area is 150 Å². The third-order valence-electron chi connectivity index (χ3n) is 3.74. The number of thiophene rings is 1. The second-order valence-corrected chi connectivity index (χ2v) is 6.56. The van der Waals surface area contributed by atoms with E-state index in [1.165, 1.54) is 24.3 Å². The van der Waals surface area contributed by atoms with Crippen molar-refractivity contribution in [2.24, 2.45) is 0 Å². The molecule has 25 heavy (non-hydrogen) atoms. The van der Waals surface area contributed by atoms with Crippen molar-refractivity contribution in [1.82, 2.24) is 5.32 Å². The monoisotopic (exact) mass is 355 g/mol. The average molecular weight is 355 g/mol. The molecule has 1 heterocycles. The quantitative estimate of drug-likeness (QED) is 0.704. The molecule has 0 aliphatic heterocycles. The molecule has 1 aromatic heterocycles. The summed E-state index contributed by atoms with van der Waals surface area (Å²) in [5.41, 5.74) is 1.01. The lowest BCUT2D eigenvalue weighted by Crippen LogP contribution is -2.38. The number of hydrogen-bond donors (Lipinski definition) is 1. The van der Waals surface area contributed by atoms with E-state index in [0.29, 0.717) is 5.75 Å². The summed E-state index contributed by atoms with van der Waals surface area (Å²) in [5, 5.41) is 5.02. The lowest BCUT2D eigenvalue weighted by molar-refractivity contribution is -0.127. The fraction of sp³-hybridized carbons (Fsp3) is 0.150. The van der Waals surface area contributed by atoms with Crippen molar-refractivity contribution in [3.05, 3.63) is 88.4 Å². The Balaban J connectivity index is 1.73. The number of rotatable bonds is 6. The predicted molar refractivity (Wildman–Crippen MR) is 97.2 cm³/mol. The molecule has 3 nitrogen and oxygen atoms in total. The molecule has 0 fully saturated rings.